The first-order chi connectivity index (χ1) is 15.6. The first-order valence-corrected chi connectivity index (χ1v) is 12.3. The lowest BCUT2D eigenvalue weighted by molar-refractivity contribution is -0.130. The van der Waals surface area contributed by atoms with Gasteiger partial charge in [0.15, 0.2) is 0 Å². The smallest absolute Gasteiger partial charge is 0.226 e. The summed E-state index contributed by atoms with van der Waals surface area (Å²) < 4.78 is 13.5. The molecule has 3 rings (SSSR count). The second-order valence-electron chi connectivity index (χ2n) is 8.82. The zero-order valence-corrected chi connectivity index (χ0v) is 19.7. The van der Waals surface area contributed by atoms with Crippen molar-refractivity contribution in [3.63, 3.8) is 0 Å². The third kappa shape index (κ3) is 6.51. The van der Waals surface area contributed by atoms with Crippen LogP contribution in [0, 0.1) is 11.7 Å². The molecule has 1 aromatic rings. The highest BCUT2D eigenvalue weighted by atomic mass is 19.1. The highest BCUT2D eigenvalue weighted by molar-refractivity contribution is 6.09. The van der Waals surface area contributed by atoms with Gasteiger partial charge in [-0.15, -0.1) is 0 Å². The van der Waals surface area contributed by atoms with E-state index in [9.17, 15) is 9.18 Å². The summed E-state index contributed by atoms with van der Waals surface area (Å²) in [5.74, 6) is -0.0433. The lowest BCUT2D eigenvalue weighted by atomic mass is 9.88. The van der Waals surface area contributed by atoms with E-state index >= 15 is 0 Å². The average molecular weight is 437 g/mol. The van der Waals surface area contributed by atoms with Gasteiger partial charge in [0, 0.05) is 24.6 Å². The van der Waals surface area contributed by atoms with Gasteiger partial charge in [-0.2, -0.15) is 0 Å². The lowest BCUT2D eigenvalue weighted by Gasteiger charge is -2.25. The molecule has 3 nitrogen and oxygen atoms in total. The van der Waals surface area contributed by atoms with Crippen LogP contribution in [0.3, 0.4) is 0 Å². The molecular formula is C28H37FN2O. The third-order valence-corrected chi connectivity index (χ3v) is 6.30. The Labute approximate surface area is 192 Å². The van der Waals surface area contributed by atoms with Gasteiger partial charge in [-0.25, -0.2) is 4.39 Å². The predicted octanol–water partition coefficient (Wildman–Crippen LogP) is 7.11. The fraction of sp³-hybridized carbons (Fsp3) is 0.500. The van der Waals surface area contributed by atoms with Crippen molar-refractivity contribution < 1.29 is 9.18 Å². The summed E-state index contributed by atoms with van der Waals surface area (Å²) in [6, 6.07) is 6.45. The van der Waals surface area contributed by atoms with E-state index in [1.165, 1.54) is 50.7 Å². The van der Waals surface area contributed by atoms with E-state index in [2.05, 4.69) is 24.8 Å². The summed E-state index contributed by atoms with van der Waals surface area (Å²) in [4.78, 5) is 20.4. The summed E-state index contributed by atoms with van der Waals surface area (Å²) >= 11 is 0. The zero-order valence-electron chi connectivity index (χ0n) is 19.7. The number of allylic oxidation sites excluding steroid dienone is 4. The number of unbranched alkanes of at least 4 members (excludes halogenated alkanes) is 6. The first-order valence-electron chi connectivity index (χ1n) is 12.3. The molecule has 0 N–H and O–H groups in total. The van der Waals surface area contributed by atoms with Crippen LogP contribution in [0.2, 0.25) is 0 Å². The molecule has 1 heterocycles. The van der Waals surface area contributed by atoms with Gasteiger partial charge in [-0.3, -0.25) is 9.79 Å². The van der Waals surface area contributed by atoms with Crippen molar-refractivity contribution in [3.05, 3.63) is 65.5 Å². The fourth-order valence-corrected chi connectivity index (χ4v) is 4.43. The van der Waals surface area contributed by atoms with E-state index in [1.807, 2.05) is 18.2 Å². The molecule has 0 fully saturated rings. The molecule has 1 amide bonds. The van der Waals surface area contributed by atoms with Gasteiger partial charge in [0.25, 0.3) is 0 Å². The van der Waals surface area contributed by atoms with E-state index in [-0.39, 0.29) is 17.6 Å². The molecule has 1 atom stereocenters. The molecule has 0 spiro atoms. The van der Waals surface area contributed by atoms with Crippen LogP contribution in [0.25, 0.3) is 5.70 Å². The van der Waals surface area contributed by atoms with E-state index < -0.39 is 0 Å². The summed E-state index contributed by atoms with van der Waals surface area (Å²) in [7, 11) is 0. The Balaban J connectivity index is 1.77. The normalized spacial score (nSPS) is 17.0. The number of hydrogen-bond donors (Lipinski definition) is 0. The maximum absolute atomic E-state index is 13.5. The van der Waals surface area contributed by atoms with Crippen LogP contribution in [0.15, 0.2) is 59.1 Å². The van der Waals surface area contributed by atoms with Gasteiger partial charge < -0.3 is 4.90 Å². The van der Waals surface area contributed by atoms with Gasteiger partial charge in [-0.05, 0) is 48.8 Å². The van der Waals surface area contributed by atoms with Crippen LogP contribution in [-0.2, 0) is 4.79 Å². The van der Waals surface area contributed by atoms with Crippen molar-refractivity contribution in [3.8, 4) is 0 Å². The number of hydrogen-bond acceptors (Lipinski definition) is 2. The minimum absolute atomic E-state index is 0.0334. The molecule has 1 aliphatic carbocycles. The monoisotopic (exact) mass is 436 g/mol. The Kier molecular flexibility index (Phi) is 9.45. The molecule has 0 saturated heterocycles. The molecule has 2 aliphatic rings. The van der Waals surface area contributed by atoms with Crippen LogP contribution in [-0.4, -0.2) is 29.6 Å². The molecule has 0 aromatic heterocycles. The van der Waals surface area contributed by atoms with Crippen molar-refractivity contribution in [2.75, 3.05) is 13.1 Å². The van der Waals surface area contributed by atoms with E-state index in [0.717, 1.165) is 48.5 Å². The summed E-state index contributed by atoms with van der Waals surface area (Å²) in [6.45, 7) is 6.08. The number of fused-ring (bicyclic) bond motifs is 1. The van der Waals surface area contributed by atoms with E-state index in [1.54, 1.807) is 12.1 Å². The van der Waals surface area contributed by atoms with Crippen LogP contribution in [0.5, 0.6) is 0 Å². The number of nitrogens with zero attached hydrogens (tertiary/aromatic N) is 2. The number of amides is 1. The Morgan fingerprint density at radius 3 is 2.22 bits per heavy atom. The first kappa shape index (κ1) is 24.2. The molecular weight excluding hydrogens is 399 g/mol. The van der Waals surface area contributed by atoms with Gasteiger partial charge >= 0.3 is 0 Å². The standard InChI is InChI=1S/C28H37FN2O/c1-3-5-7-11-19-31(20-12-8-6-4-2)27(32)21-25-24-13-9-10-14-26(24)30-28(25)22-15-17-23(29)18-16-22/h9-10,13-18,24H,3-8,11-12,19-21H2,1-2H3. The van der Waals surface area contributed by atoms with Gasteiger partial charge in [-0.1, -0.05) is 70.6 Å². The van der Waals surface area contributed by atoms with E-state index in [4.69, 9.17) is 4.99 Å². The van der Waals surface area contributed by atoms with Crippen molar-refractivity contribution in [1.82, 2.24) is 4.90 Å². The summed E-state index contributed by atoms with van der Waals surface area (Å²) in [5, 5.41) is 0. The number of rotatable bonds is 13. The number of aliphatic imine (C=N–C) groups is 1. The van der Waals surface area contributed by atoms with Crippen LogP contribution >= 0.6 is 0 Å². The van der Waals surface area contributed by atoms with Gasteiger partial charge in [0.2, 0.25) is 5.91 Å². The predicted molar refractivity (Wildman–Crippen MR) is 132 cm³/mol. The number of benzene rings is 1. The largest absolute Gasteiger partial charge is 0.342 e. The van der Waals surface area contributed by atoms with E-state index in [0.29, 0.717) is 6.42 Å². The molecule has 1 unspecified atom stereocenters. The Morgan fingerprint density at radius 1 is 0.938 bits per heavy atom. The molecule has 0 radical (unpaired) electrons. The molecule has 1 aliphatic heterocycles. The molecule has 4 heteroatoms. The number of carbonyl (C=O) groups is 1. The third-order valence-electron chi connectivity index (χ3n) is 6.30. The molecule has 1 aromatic carbocycles. The molecule has 32 heavy (non-hydrogen) atoms. The van der Waals surface area contributed by atoms with Crippen LogP contribution < -0.4 is 0 Å². The average Bonchev–Trinajstić information content (AvgIpc) is 3.16. The highest BCUT2D eigenvalue weighted by Gasteiger charge is 2.30. The van der Waals surface area contributed by atoms with Crippen LogP contribution in [0.1, 0.15) is 77.2 Å². The maximum Gasteiger partial charge on any atom is 0.226 e. The Hall–Kier alpha value is -2.49. The maximum atomic E-state index is 13.5. The fourth-order valence-electron chi connectivity index (χ4n) is 4.43. The van der Waals surface area contributed by atoms with Gasteiger partial charge in [0.1, 0.15) is 5.82 Å². The highest BCUT2D eigenvalue weighted by Crippen LogP contribution is 2.37. The second kappa shape index (κ2) is 12.5. The second-order valence-corrected chi connectivity index (χ2v) is 8.82. The summed E-state index contributed by atoms with van der Waals surface area (Å²) in [6.07, 6.45) is 17.8. The van der Waals surface area contributed by atoms with Crippen molar-refractivity contribution in [2.24, 2.45) is 10.9 Å². The Morgan fingerprint density at radius 2 is 1.59 bits per heavy atom. The van der Waals surface area contributed by atoms with Crippen molar-refractivity contribution >= 4 is 17.3 Å². The molecule has 0 saturated carbocycles. The zero-order chi connectivity index (χ0) is 22.8. The van der Waals surface area contributed by atoms with Crippen molar-refractivity contribution in [1.29, 1.82) is 0 Å². The van der Waals surface area contributed by atoms with Gasteiger partial charge in [0.05, 0.1) is 17.8 Å². The minimum Gasteiger partial charge on any atom is -0.342 e. The lowest BCUT2D eigenvalue weighted by Crippen LogP contribution is -2.33. The minimum atomic E-state index is -0.264. The number of halogens is 1. The quantitative estimate of drug-likeness (QED) is 0.303. The molecule has 172 valence electrons. The summed E-state index contributed by atoms with van der Waals surface area (Å²) in [5.41, 5.74) is 3.69. The van der Waals surface area contributed by atoms with Crippen LogP contribution in [0.4, 0.5) is 4.39 Å². The topological polar surface area (TPSA) is 32.7 Å². The molecule has 0 bridgehead atoms. The number of carbonyl (C=O) groups excluding carboxylic acids is 1. The van der Waals surface area contributed by atoms with Crippen molar-refractivity contribution in [2.45, 2.75) is 71.6 Å². The SMILES string of the molecule is CCCCCCN(CCCCCC)C(=O)CC1=C(c2ccc(F)cc2)N=C2C=CC=CC21. The Bertz CT molecular complexity index is 867.